The summed E-state index contributed by atoms with van der Waals surface area (Å²) in [4.78, 5) is 46.8. The predicted octanol–water partition coefficient (Wildman–Crippen LogP) is 2.80. The maximum Gasteiger partial charge on any atom is 0.353 e. The first-order valence-corrected chi connectivity index (χ1v) is 10.1. The van der Waals surface area contributed by atoms with E-state index in [4.69, 9.17) is 4.79 Å². The van der Waals surface area contributed by atoms with E-state index in [1.807, 2.05) is 43.4 Å². The lowest BCUT2D eigenvalue weighted by Crippen LogP contribution is -2.36. The summed E-state index contributed by atoms with van der Waals surface area (Å²) in [5.74, 6) is -1.75. The summed E-state index contributed by atoms with van der Waals surface area (Å²) in [5, 5.41) is 5.40. The minimum Gasteiger partial charge on any atom is -0.464 e. The van der Waals surface area contributed by atoms with Gasteiger partial charge < -0.3 is 20.2 Å². The molecule has 0 spiro atoms. The van der Waals surface area contributed by atoms with Crippen molar-refractivity contribution < 1.29 is 23.9 Å². The summed E-state index contributed by atoms with van der Waals surface area (Å²) in [5.41, 5.74) is 4.26. The Labute approximate surface area is 192 Å². The van der Waals surface area contributed by atoms with Crippen LogP contribution in [0.3, 0.4) is 0 Å². The molecule has 8 nitrogen and oxygen atoms in total. The zero-order chi connectivity index (χ0) is 24.5. The van der Waals surface area contributed by atoms with E-state index in [9.17, 15) is 14.4 Å². The van der Waals surface area contributed by atoms with Gasteiger partial charge in [0.1, 0.15) is 17.7 Å². The van der Waals surface area contributed by atoms with Crippen LogP contribution in [0.5, 0.6) is 0 Å². The molecule has 0 radical (unpaired) electrons. The number of rotatable bonds is 7. The summed E-state index contributed by atoms with van der Waals surface area (Å²) >= 11 is 0. The monoisotopic (exact) mass is 449 g/mol. The van der Waals surface area contributed by atoms with Gasteiger partial charge in [-0.3, -0.25) is 14.5 Å². The molecule has 0 unspecified atom stereocenters. The molecule has 2 amide bonds. The van der Waals surface area contributed by atoms with Crippen molar-refractivity contribution >= 4 is 29.8 Å². The lowest BCUT2D eigenvalue weighted by molar-refractivity contribution is -0.137. The number of aldehydes is 1. The molecule has 33 heavy (non-hydrogen) atoms. The smallest absolute Gasteiger partial charge is 0.353 e. The molecule has 0 aliphatic carbocycles. The summed E-state index contributed by atoms with van der Waals surface area (Å²) in [6, 6.07) is 13.6. The SMILES string of the molecule is C=C(NC(=O)C(=C)N1Cc2c(Cc3ccc(NC)cc3)cccc2C1=O)C(=O)OC.CC=O. The van der Waals surface area contributed by atoms with E-state index < -0.39 is 11.9 Å². The van der Waals surface area contributed by atoms with E-state index >= 15 is 0 Å². The molecule has 1 aliphatic rings. The van der Waals surface area contributed by atoms with E-state index in [0.29, 0.717) is 12.0 Å². The molecular formula is C25H27N3O5. The second-order valence-corrected chi connectivity index (χ2v) is 7.06. The molecule has 3 rings (SSSR count). The number of anilines is 1. The molecule has 0 saturated carbocycles. The second-order valence-electron chi connectivity index (χ2n) is 7.06. The molecule has 8 heteroatoms. The van der Waals surface area contributed by atoms with Gasteiger partial charge in [-0.15, -0.1) is 0 Å². The van der Waals surface area contributed by atoms with Gasteiger partial charge in [-0.1, -0.05) is 37.4 Å². The molecule has 0 saturated heterocycles. The first-order valence-electron chi connectivity index (χ1n) is 10.1. The number of benzene rings is 2. The van der Waals surface area contributed by atoms with Crippen molar-refractivity contribution in [1.82, 2.24) is 10.2 Å². The highest BCUT2D eigenvalue weighted by Crippen LogP contribution is 2.30. The second kappa shape index (κ2) is 11.4. The van der Waals surface area contributed by atoms with Crippen molar-refractivity contribution in [1.29, 1.82) is 0 Å². The lowest BCUT2D eigenvalue weighted by Gasteiger charge is -2.18. The van der Waals surface area contributed by atoms with Crippen molar-refractivity contribution in [2.24, 2.45) is 0 Å². The minimum absolute atomic E-state index is 0.0643. The molecule has 0 atom stereocenters. The highest BCUT2D eigenvalue weighted by molar-refractivity contribution is 6.07. The van der Waals surface area contributed by atoms with Crippen molar-refractivity contribution in [3.05, 3.63) is 89.3 Å². The molecule has 1 heterocycles. The zero-order valence-electron chi connectivity index (χ0n) is 18.9. The predicted molar refractivity (Wildman–Crippen MR) is 125 cm³/mol. The van der Waals surface area contributed by atoms with Gasteiger partial charge in [-0.2, -0.15) is 0 Å². The quantitative estimate of drug-likeness (QED) is 0.383. The van der Waals surface area contributed by atoms with Crippen molar-refractivity contribution in [2.45, 2.75) is 19.9 Å². The van der Waals surface area contributed by atoms with Gasteiger partial charge in [0, 0.05) is 18.3 Å². The maximum absolute atomic E-state index is 12.9. The average Bonchev–Trinajstić information content (AvgIpc) is 3.16. The number of nitrogens with zero attached hydrogens (tertiary/aromatic N) is 1. The topological polar surface area (TPSA) is 105 Å². The van der Waals surface area contributed by atoms with Gasteiger partial charge in [-0.25, -0.2) is 4.79 Å². The van der Waals surface area contributed by atoms with E-state index in [1.165, 1.54) is 18.9 Å². The number of nitrogens with one attached hydrogen (secondary N) is 2. The van der Waals surface area contributed by atoms with Crippen LogP contribution < -0.4 is 10.6 Å². The fraction of sp³-hybridized carbons (Fsp3) is 0.200. The molecule has 2 aromatic carbocycles. The van der Waals surface area contributed by atoms with Gasteiger partial charge in [-0.05, 0) is 48.2 Å². The van der Waals surface area contributed by atoms with Gasteiger partial charge in [0.15, 0.2) is 0 Å². The molecular weight excluding hydrogens is 422 g/mol. The minimum atomic E-state index is -0.765. The number of fused-ring (bicyclic) bond motifs is 1. The van der Waals surface area contributed by atoms with Gasteiger partial charge >= 0.3 is 5.97 Å². The molecule has 1 aliphatic heterocycles. The Kier molecular flexibility index (Phi) is 8.68. The number of hydrogen-bond acceptors (Lipinski definition) is 6. The summed E-state index contributed by atoms with van der Waals surface area (Å²) in [6.45, 7) is 8.86. The van der Waals surface area contributed by atoms with Crippen LogP contribution in [0.25, 0.3) is 0 Å². The van der Waals surface area contributed by atoms with E-state index in [0.717, 1.165) is 28.7 Å². The Hall–Kier alpha value is -4.20. The third kappa shape index (κ3) is 5.94. The molecule has 0 fully saturated rings. The van der Waals surface area contributed by atoms with Crippen molar-refractivity contribution in [3.8, 4) is 0 Å². The Morgan fingerprint density at radius 2 is 1.79 bits per heavy atom. The summed E-state index contributed by atoms with van der Waals surface area (Å²) < 4.78 is 4.51. The Bertz CT molecular complexity index is 1090. The Morgan fingerprint density at radius 3 is 2.36 bits per heavy atom. The van der Waals surface area contributed by atoms with Crippen LogP contribution >= 0.6 is 0 Å². The summed E-state index contributed by atoms with van der Waals surface area (Å²) in [7, 11) is 3.05. The van der Waals surface area contributed by atoms with Gasteiger partial charge in [0.25, 0.3) is 11.8 Å². The van der Waals surface area contributed by atoms with Crippen LogP contribution in [0.15, 0.2) is 67.0 Å². The summed E-state index contributed by atoms with van der Waals surface area (Å²) in [6.07, 6.45) is 1.41. The van der Waals surface area contributed by atoms with Crippen molar-refractivity contribution in [3.63, 3.8) is 0 Å². The third-order valence-corrected chi connectivity index (χ3v) is 4.99. The number of carbonyl (C=O) groups is 4. The van der Waals surface area contributed by atoms with Crippen LogP contribution in [-0.2, 0) is 32.1 Å². The average molecular weight is 450 g/mol. The highest BCUT2D eigenvalue weighted by atomic mass is 16.5. The molecule has 0 aromatic heterocycles. The number of ether oxygens (including phenoxy) is 1. The van der Waals surface area contributed by atoms with E-state index in [2.05, 4.69) is 28.5 Å². The lowest BCUT2D eigenvalue weighted by atomic mass is 9.97. The van der Waals surface area contributed by atoms with Crippen LogP contribution in [0, 0.1) is 0 Å². The van der Waals surface area contributed by atoms with Gasteiger partial charge in [0.05, 0.1) is 13.7 Å². The van der Waals surface area contributed by atoms with Crippen LogP contribution in [0.2, 0.25) is 0 Å². The number of esters is 1. The van der Waals surface area contributed by atoms with Crippen LogP contribution in [0.4, 0.5) is 5.69 Å². The van der Waals surface area contributed by atoms with Crippen LogP contribution in [-0.4, -0.2) is 43.1 Å². The number of methoxy groups -OCH3 is 1. The normalized spacial score (nSPS) is 11.5. The van der Waals surface area contributed by atoms with Gasteiger partial charge in [0.2, 0.25) is 0 Å². The number of hydrogen-bond donors (Lipinski definition) is 2. The number of carbonyl (C=O) groups excluding carboxylic acids is 4. The van der Waals surface area contributed by atoms with E-state index in [-0.39, 0.29) is 23.8 Å². The molecule has 2 aromatic rings. The highest BCUT2D eigenvalue weighted by Gasteiger charge is 2.33. The fourth-order valence-corrected chi connectivity index (χ4v) is 3.30. The Balaban J connectivity index is 0.00000122. The third-order valence-electron chi connectivity index (χ3n) is 4.99. The first-order chi connectivity index (χ1) is 15.8. The number of amides is 2. The largest absolute Gasteiger partial charge is 0.464 e. The van der Waals surface area contributed by atoms with Crippen molar-refractivity contribution in [2.75, 3.05) is 19.5 Å². The standard InChI is InChI=1S/C23H23N3O4.C2H4O/c1-14(23(29)30-4)25-21(27)15(2)26-13-20-17(6-5-7-19(20)22(26)28)12-16-8-10-18(24-3)11-9-16;1-2-3/h5-11,24H,1-2,12-13H2,3-4H3,(H,25,27);2H,1H3. The molecule has 2 N–H and O–H groups in total. The Morgan fingerprint density at radius 1 is 1.15 bits per heavy atom. The maximum atomic E-state index is 12.9. The fourth-order valence-electron chi connectivity index (χ4n) is 3.30. The van der Waals surface area contributed by atoms with Crippen LogP contribution in [0.1, 0.15) is 34.0 Å². The zero-order valence-corrected chi connectivity index (χ0v) is 18.9. The van der Waals surface area contributed by atoms with E-state index in [1.54, 1.807) is 6.07 Å². The molecule has 0 bridgehead atoms. The first kappa shape index (κ1) is 25.1. The molecule has 172 valence electrons.